The highest BCUT2D eigenvalue weighted by Gasteiger charge is 2.25. The molecule has 3 rings (SSSR count). The standard InChI is InChI=1S/C25H25F2N9O2/c1-3-17(33-22(35-25(31)32)16(11-28)12(2)29)23-34-18-9-5-8-15(20(26)27)19(18)24(38)36(23)14-7-4-6-13(10-14)21(30)37/h4-10,17,20,33H,2-3,29H2,1H3,(H2,30,37)(H4,31,32,35)/b22-16-/t17-/m0/s1. The van der Waals surface area contributed by atoms with Crippen molar-refractivity contribution in [3.63, 3.8) is 0 Å². The van der Waals surface area contributed by atoms with Crippen molar-refractivity contribution >= 4 is 22.8 Å². The molecule has 1 heterocycles. The quantitative estimate of drug-likeness (QED) is 0.121. The molecule has 0 fully saturated rings. The second kappa shape index (κ2) is 11.2. The number of amides is 1. The number of primary amides is 1. The number of fused-ring (bicyclic) bond motifs is 1. The molecule has 196 valence electrons. The highest BCUT2D eigenvalue weighted by Crippen LogP contribution is 2.28. The minimum Gasteiger partial charge on any atom is -0.398 e. The normalized spacial score (nSPS) is 12.4. The topological polar surface area (TPSA) is 204 Å². The molecule has 0 aliphatic carbocycles. The first kappa shape index (κ1) is 27.3. The number of alkyl halides is 2. The van der Waals surface area contributed by atoms with Crippen LogP contribution in [0.1, 0.15) is 47.6 Å². The number of carbonyl (C=O) groups is 1. The van der Waals surface area contributed by atoms with Crippen LogP contribution in [0.3, 0.4) is 0 Å². The summed E-state index contributed by atoms with van der Waals surface area (Å²) in [6.45, 7) is 5.29. The average Bonchev–Trinajstić information content (AvgIpc) is 2.86. The molecule has 0 aliphatic rings. The summed E-state index contributed by atoms with van der Waals surface area (Å²) >= 11 is 0. The first-order valence-corrected chi connectivity index (χ1v) is 11.2. The van der Waals surface area contributed by atoms with Crippen LogP contribution in [0.2, 0.25) is 0 Å². The number of benzene rings is 2. The molecule has 38 heavy (non-hydrogen) atoms. The molecule has 0 saturated heterocycles. The molecular weight excluding hydrogens is 496 g/mol. The second-order valence-corrected chi connectivity index (χ2v) is 8.07. The molecule has 9 N–H and O–H groups in total. The number of guanidine groups is 1. The van der Waals surface area contributed by atoms with Gasteiger partial charge < -0.3 is 28.3 Å². The fourth-order valence-electron chi connectivity index (χ4n) is 3.82. The molecule has 0 spiro atoms. The second-order valence-electron chi connectivity index (χ2n) is 8.07. The summed E-state index contributed by atoms with van der Waals surface area (Å²) in [6, 6.07) is 10.7. The highest BCUT2D eigenvalue weighted by atomic mass is 19.3. The van der Waals surface area contributed by atoms with E-state index in [0.717, 1.165) is 10.6 Å². The summed E-state index contributed by atoms with van der Waals surface area (Å²) in [5.41, 5.74) is 20.9. The van der Waals surface area contributed by atoms with Gasteiger partial charge in [-0.3, -0.25) is 14.2 Å². The first-order chi connectivity index (χ1) is 18.0. The van der Waals surface area contributed by atoms with Crippen LogP contribution >= 0.6 is 0 Å². The Kier molecular flexibility index (Phi) is 8.07. The van der Waals surface area contributed by atoms with Gasteiger partial charge in [-0.05, 0) is 30.7 Å². The summed E-state index contributed by atoms with van der Waals surface area (Å²) in [5.74, 6) is -1.23. The number of nitrogens with two attached hydrogens (primary N) is 4. The zero-order chi connectivity index (χ0) is 28.1. The van der Waals surface area contributed by atoms with Crippen LogP contribution in [0.15, 0.2) is 75.9 Å². The highest BCUT2D eigenvalue weighted by molar-refractivity contribution is 5.93. The Morgan fingerprint density at radius 2 is 1.89 bits per heavy atom. The van der Waals surface area contributed by atoms with Crippen molar-refractivity contribution in [1.29, 1.82) is 5.26 Å². The van der Waals surface area contributed by atoms with Crippen molar-refractivity contribution in [2.75, 3.05) is 0 Å². The fraction of sp³-hybridized carbons (Fsp3) is 0.160. The Morgan fingerprint density at radius 3 is 2.45 bits per heavy atom. The van der Waals surface area contributed by atoms with Crippen LogP contribution in [-0.4, -0.2) is 21.4 Å². The van der Waals surface area contributed by atoms with E-state index in [0.29, 0.717) is 0 Å². The predicted octanol–water partition coefficient (Wildman–Crippen LogP) is 1.94. The molecule has 0 saturated carbocycles. The maximum Gasteiger partial charge on any atom is 0.266 e. The molecule has 0 radical (unpaired) electrons. The number of carbonyl (C=O) groups excluding carboxylic acids is 1. The van der Waals surface area contributed by atoms with Crippen LogP contribution in [0, 0.1) is 11.3 Å². The van der Waals surface area contributed by atoms with Crippen molar-refractivity contribution < 1.29 is 13.6 Å². The molecule has 3 aromatic rings. The Hall–Kier alpha value is -5.25. The number of halogens is 2. The fourth-order valence-corrected chi connectivity index (χ4v) is 3.82. The number of rotatable bonds is 9. The third-order valence-corrected chi connectivity index (χ3v) is 5.52. The van der Waals surface area contributed by atoms with E-state index in [1.54, 1.807) is 6.92 Å². The lowest BCUT2D eigenvalue weighted by Crippen LogP contribution is -2.33. The molecule has 2 aromatic carbocycles. The number of nitrogens with one attached hydrogen (secondary N) is 1. The lowest BCUT2D eigenvalue weighted by atomic mass is 10.1. The number of hydrogen-bond donors (Lipinski definition) is 5. The van der Waals surface area contributed by atoms with E-state index in [4.69, 9.17) is 22.9 Å². The Bertz CT molecular complexity index is 1580. The maximum absolute atomic E-state index is 13.9. The Morgan fingerprint density at radius 1 is 1.21 bits per heavy atom. The summed E-state index contributed by atoms with van der Waals surface area (Å²) in [5, 5.41) is 12.3. The summed E-state index contributed by atoms with van der Waals surface area (Å²) in [4.78, 5) is 34.1. The van der Waals surface area contributed by atoms with Gasteiger partial charge in [-0.2, -0.15) is 10.3 Å². The van der Waals surface area contributed by atoms with E-state index in [2.05, 4.69) is 21.9 Å². The number of aromatic nitrogens is 2. The molecule has 1 aromatic heterocycles. The number of hydrogen-bond acceptors (Lipinski definition) is 7. The van der Waals surface area contributed by atoms with Crippen molar-refractivity contribution in [1.82, 2.24) is 14.9 Å². The molecular formula is C25H25F2N9O2. The monoisotopic (exact) mass is 521 g/mol. The van der Waals surface area contributed by atoms with Gasteiger partial charge in [0, 0.05) is 16.8 Å². The minimum atomic E-state index is -2.95. The van der Waals surface area contributed by atoms with Crippen LogP contribution < -0.4 is 33.8 Å². The summed E-state index contributed by atoms with van der Waals surface area (Å²) in [6.07, 6.45) is -2.70. The van der Waals surface area contributed by atoms with Crippen LogP contribution in [0.4, 0.5) is 8.78 Å². The number of nitrogens with zero attached hydrogens (tertiary/aromatic N) is 4. The van der Waals surface area contributed by atoms with E-state index < -0.39 is 35.5 Å². The van der Waals surface area contributed by atoms with Crippen molar-refractivity contribution in [3.05, 3.63) is 93.4 Å². The molecule has 0 aliphatic heterocycles. The zero-order valence-corrected chi connectivity index (χ0v) is 20.3. The van der Waals surface area contributed by atoms with E-state index in [1.165, 1.54) is 36.4 Å². The Labute approximate surface area is 215 Å². The minimum absolute atomic E-state index is 0.0152. The predicted molar refractivity (Wildman–Crippen MR) is 139 cm³/mol. The molecule has 11 nitrogen and oxygen atoms in total. The van der Waals surface area contributed by atoms with Gasteiger partial charge in [0.1, 0.15) is 17.5 Å². The summed E-state index contributed by atoms with van der Waals surface area (Å²) < 4.78 is 28.8. The van der Waals surface area contributed by atoms with Gasteiger partial charge in [0.25, 0.3) is 12.0 Å². The molecule has 0 unspecified atom stereocenters. The van der Waals surface area contributed by atoms with E-state index in [-0.39, 0.29) is 51.5 Å². The van der Waals surface area contributed by atoms with Crippen LogP contribution in [0.5, 0.6) is 0 Å². The smallest absolute Gasteiger partial charge is 0.266 e. The van der Waals surface area contributed by atoms with E-state index >= 15 is 0 Å². The SMILES string of the molecule is C=C(N)/C(C#N)=C(\N=C(N)N)N[C@@H](CC)c1nc2cccc(C(F)F)c2c(=O)n1-c1cccc(C(N)=O)c1. The zero-order valence-electron chi connectivity index (χ0n) is 20.3. The maximum atomic E-state index is 13.9. The van der Waals surface area contributed by atoms with Gasteiger partial charge in [-0.25, -0.2) is 13.8 Å². The van der Waals surface area contributed by atoms with E-state index in [9.17, 15) is 23.6 Å². The van der Waals surface area contributed by atoms with Gasteiger partial charge in [0.2, 0.25) is 5.91 Å². The van der Waals surface area contributed by atoms with Crippen molar-refractivity contribution in [3.8, 4) is 11.8 Å². The van der Waals surface area contributed by atoms with Gasteiger partial charge >= 0.3 is 0 Å². The summed E-state index contributed by atoms with van der Waals surface area (Å²) in [7, 11) is 0. The number of aliphatic imine (C=N–C) groups is 1. The van der Waals surface area contributed by atoms with Crippen molar-refractivity contribution in [2.24, 2.45) is 27.9 Å². The lowest BCUT2D eigenvalue weighted by molar-refractivity contribution is 0.1000. The molecule has 1 atom stereocenters. The van der Waals surface area contributed by atoms with Crippen LogP contribution in [-0.2, 0) is 0 Å². The average molecular weight is 522 g/mol. The van der Waals surface area contributed by atoms with Crippen LogP contribution in [0.25, 0.3) is 16.6 Å². The lowest BCUT2D eigenvalue weighted by Gasteiger charge is -2.24. The van der Waals surface area contributed by atoms with Gasteiger partial charge in [-0.15, -0.1) is 0 Å². The third-order valence-electron chi connectivity index (χ3n) is 5.52. The Balaban J connectivity index is 2.42. The van der Waals surface area contributed by atoms with Gasteiger partial charge in [0.05, 0.1) is 22.6 Å². The number of allylic oxidation sites excluding steroid dienone is 1. The largest absolute Gasteiger partial charge is 0.398 e. The molecule has 1 amide bonds. The van der Waals surface area contributed by atoms with Crippen molar-refractivity contribution in [2.45, 2.75) is 25.8 Å². The van der Waals surface area contributed by atoms with Gasteiger partial charge in [0.15, 0.2) is 11.8 Å². The molecule has 0 bridgehead atoms. The molecule has 13 heteroatoms. The first-order valence-electron chi connectivity index (χ1n) is 11.2. The van der Waals surface area contributed by atoms with Gasteiger partial charge in [-0.1, -0.05) is 31.7 Å². The third kappa shape index (κ3) is 5.44. The van der Waals surface area contributed by atoms with E-state index in [1.807, 2.05) is 6.07 Å². The number of nitriles is 1.